The van der Waals surface area contributed by atoms with E-state index >= 15 is 0 Å². The third-order valence-electron chi connectivity index (χ3n) is 3.18. The molecule has 2 aromatic rings. The predicted molar refractivity (Wildman–Crippen MR) is 74.0 cm³/mol. The van der Waals surface area contributed by atoms with Gasteiger partial charge in [-0.2, -0.15) is 4.57 Å². The fraction of sp³-hybridized carbons (Fsp3) is 0.400. The molecule has 2 heteroatoms. The summed E-state index contributed by atoms with van der Waals surface area (Å²) in [5.74, 6) is 0. The van der Waals surface area contributed by atoms with Gasteiger partial charge in [0, 0.05) is 18.6 Å². The summed E-state index contributed by atoms with van der Waals surface area (Å²) in [5.41, 5.74) is 6.42. The summed E-state index contributed by atoms with van der Waals surface area (Å²) >= 11 is 1.81. The molecule has 0 radical (unpaired) electrons. The molecule has 0 saturated carbocycles. The van der Waals surface area contributed by atoms with Crippen LogP contribution in [0.3, 0.4) is 0 Å². The molecule has 1 aromatic heterocycles. The molecule has 0 saturated heterocycles. The van der Waals surface area contributed by atoms with Crippen molar-refractivity contribution in [3.05, 3.63) is 45.9 Å². The van der Waals surface area contributed by atoms with Gasteiger partial charge < -0.3 is 0 Å². The average Bonchev–Trinajstić information content (AvgIpc) is 2.59. The molecule has 0 amide bonds. The number of thiazole rings is 1. The summed E-state index contributed by atoms with van der Waals surface area (Å²) in [6, 6.07) is 8.68. The minimum atomic E-state index is 0.172. The Labute approximate surface area is 108 Å². The summed E-state index contributed by atoms with van der Waals surface area (Å²) in [7, 11) is 0. The van der Waals surface area contributed by atoms with Crippen molar-refractivity contribution < 1.29 is 4.57 Å². The molecule has 0 aliphatic heterocycles. The van der Waals surface area contributed by atoms with E-state index in [-0.39, 0.29) is 5.41 Å². The lowest BCUT2D eigenvalue weighted by molar-refractivity contribution is -0.598. The van der Waals surface area contributed by atoms with E-state index in [0.29, 0.717) is 0 Å². The van der Waals surface area contributed by atoms with Gasteiger partial charge in [0.05, 0.1) is 4.88 Å². The van der Waals surface area contributed by atoms with E-state index in [2.05, 4.69) is 69.0 Å². The lowest BCUT2D eigenvalue weighted by atomic mass is 9.85. The second-order valence-corrected chi connectivity index (χ2v) is 6.56. The van der Waals surface area contributed by atoms with Crippen molar-refractivity contribution in [3.8, 4) is 5.69 Å². The molecule has 0 spiro atoms. The van der Waals surface area contributed by atoms with Crippen molar-refractivity contribution in [1.82, 2.24) is 0 Å². The highest BCUT2D eigenvalue weighted by molar-refractivity contribution is 7.09. The highest BCUT2D eigenvalue weighted by Crippen LogP contribution is 2.26. The third kappa shape index (κ3) is 2.27. The first-order valence-electron chi connectivity index (χ1n) is 5.97. The Bertz CT molecular complexity index is 532. The normalized spacial score (nSPS) is 11.8. The quantitative estimate of drug-likeness (QED) is 0.671. The number of aryl methyl sites for hydroxylation is 1. The second kappa shape index (κ2) is 4.26. The fourth-order valence-electron chi connectivity index (χ4n) is 2.02. The zero-order valence-electron chi connectivity index (χ0n) is 11.2. The van der Waals surface area contributed by atoms with E-state index in [1.54, 1.807) is 0 Å². The summed E-state index contributed by atoms with van der Waals surface area (Å²) in [5, 5.41) is 0. The number of hydrogen-bond donors (Lipinski definition) is 0. The SMILES string of the molecule is Cc1sc[n+](-c2ccccc2C(C)(C)C)c1C. The van der Waals surface area contributed by atoms with Gasteiger partial charge in [0.25, 0.3) is 0 Å². The number of benzene rings is 1. The molecule has 0 aliphatic rings. The molecule has 0 N–H and O–H groups in total. The predicted octanol–water partition coefficient (Wildman–Crippen LogP) is 3.94. The lowest BCUT2D eigenvalue weighted by Gasteiger charge is -2.19. The number of hydrogen-bond acceptors (Lipinski definition) is 1. The first-order valence-corrected chi connectivity index (χ1v) is 6.85. The van der Waals surface area contributed by atoms with Gasteiger partial charge in [0.15, 0.2) is 5.69 Å². The Balaban J connectivity index is 2.64. The molecular formula is C15H20NS+. The zero-order valence-corrected chi connectivity index (χ0v) is 12.1. The number of rotatable bonds is 1. The minimum Gasteiger partial charge on any atom is -0.154 e. The maximum Gasteiger partial charge on any atom is 0.231 e. The van der Waals surface area contributed by atoms with Crippen LogP contribution in [0.1, 0.15) is 36.9 Å². The van der Waals surface area contributed by atoms with E-state index < -0.39 is 0 Å². The second-order valence-electron chi connectivity index (χ2n) is 5.50. The van der Waals surface area contributed by atoms with E-state index in [4.69, 9.17) is 0 Å². The van der Waals surface area contributed by atoms with Crippen molar-refractivity contribution in [3.63, 3.8) is 0 Å². The van der Waals surface area contributed by atoms with Crippen molar-refractivity contribution >= 4 is 11.3 Å². The molecule has 1 aromatic carbocycles. The molecule has 0 atom stereocenters. The van der Waals surface area contributed by atoms with Gasteiger partial charge in [0.2, 0.25) is 11.2 Å². The van der Waals surface area contributed by atoms with Crippen molar-refractivity contribution in [2.24, 2.45) is 0 Å². The standard InChI is InChI=1S/C15H20NS/c1-11-12(2)17-10-16(11)14-9-7-6-8-13(14)15(3,4)5/h6-10H,1-5H3/q+1. The highest BCUT2D eigenvalue weighted by Gasteiger charge is 2.25. The van der Waals surface area contributed by atoms with Gasteiger partial charge in [-0.15, -0.1) is 0 Å². The van der Waals surface area contributed by atoms with Crippen LogP contribution in [0.5, 0.6) is 0 Å². The molecule has 17 heavy (non-hydrogen) atoms. The number of nitrogens with zero attached hydrogens (tertiary/aromatic N) is 1. The van der Waals surface area contributed by atoms with E-state index in [9.17, 15) is 0 Å². The first-order chi connectivity index (χ1) is 7.91. The van der Waals surface area contributed by atoms with Crippen molar-refractivity contribution in [2.75, 3.05) is 0 Å². The zero-order chi connectivity index (χ0) is 12.6. The Hall–Kier alpha value is -1.15. The average molecular weight is 246 g/mol. The van der Waals surface area contributed by atoms with Crippen LogP contribution in [0.25, 0.3) is 5.69 Å². The molecule has 0 unspecified atom stereocenters. The first kappa shape index (κ1) is 12.3. The molecule has 0 aliphatic carbocycles. The van der Waals surface area contributed by atoms with Crippen molar-refractivity contribution in [2.45, 2.75) is 40.0 Å². The summed E-state index contributed by atoms with van der Waals surface area (Å²) < 4.78 is 2.31. The largest absolute Gasteiger partial charge is 0.231 e. The number of para-hydroxylation sites is 1. The van der Waals surface area contributed by atoms with E-state index in [1.165, 1.54) is 21.8 Å². The molecule has 90 valence electrons. The van der Waals surface area contributed by atoms with Crippen LogP contribution in [0, 0.1) is 13.8 Å². The molecule has 1 heterocycles. The van der Waals surface area contributed by atoms with Crippen LogP contribution in [-0.2, 0) is 5.41 Å². The fourth-order valence-corrected chi connectivity index (χ4v) is 2.83. The van der Waals surface area contributed by atoms with Crippen LogP contribution in [0.15, 0.2) is 29.8 Å². The smallest absolute Gasteiger partial charge is 0.154 e. The molecular weight excluding hydrogens is 226 g/mol. The van der Waals surface area contributed by atoms with Gasteiger partial charge in [0.1, 0.15) is 0 Å². The topological polar surface area (TPSA) is 3.88 Å². The summed E-state index contributed by atoms with van der Waals surface area (Å²) in [6.45, 7) is 11.2. The summed E-state index contributed by atoms with van der Waals surface area (Å²) in [6.07, 6.45) is 0. The molecule has 0 fully saturated rings. The van der Waals surface area contributed by atoms with Crippen LogP contribution >= 0.6 is 11.3 Å². The van der Waals surface area contributed by atoms with Gasteiger partial charge >= 0.3 is 0 Å². The highest BCUT2D eigenvalue weighted by atomic mass is 32.1. The molecule has 0 bridgehead atoms. The Morgan fingerprint density at radius 2 is 1.71 bits per heavy atom. The molecule has 2 rings (SSSR count). The molecule has 1 nitrogen and oxygen atoms in total. The minimum absolute atomic E-state index is 0.172. The number of aromatic nitrogens is 1. The van der Waals surface area contributed by atoms with Gasteiger partial charge in [-0.05, 0) is 12.3 Å². The van der Waals surface area contributed by atoms with Gasteiger partial charge in [-0.25, -0.2) is 0 Å². The maximum atomic E-state index is 2.31. The maximum absolute atomic E-state index is 2.31. The third-order valence-corrected chi connectivity index (χ3v) is 4.14. The van der Waals surface area contributed by atoms with Crippen LogP contribution in [-0.4, -0.2) is 0 Å². The van der Waals surface area contributed by atoms with Crippen LogP contribution in [0.4, 0.5) is 0 Å². The van der Waals surface area contributed by atoms with E-state index in [0.717, 1.165) is 0 Å². The van der Waals surface area contributed by atoms with Crippen molar-refractivity contribution in [1.29, 1.82) is 0 Å². The summed E-state index contributed by atoms with van der Waals surface area (Å²) in [4.78, 5) is 1.38. The van der Waals surface area contributed by atoms with Crippen LogP contribution in [0.2, 0.25) is 0 Å². The van der Waals surface area contributed by atoms with Crippen LogP contribution < -0.4 is 4.57 Å². The van der Waals surface area contributed by atoms with Gasteiger partial charge in [-0.3, -0.25) is 0 Å². The van der Waals surface area contributed by atoms with Gasteiger partial charge in [-0.1, -0.05) is 50.3 Å². The van der Waals surface area contributed by atoms with E-state index in [1.807, 2.05) is 11.3 Å². The monoisotopic (exact) mass is 246 g/mol. The Morgan fingerprint density at radius 3 is 2.24 bits per heavy atom. The Kier molecular flexibility index (Phi) is 3.09. The Morgan fingerprint density at radius 1 is 1.06 bits per heavy atom. The lowest BCUT2D eigenvalue weighted by Crippen LogP contribution is -2.34.